The molecule has 0 aliphatic rings. The first-order chi connectivity index (χ1) is 14.6. The Labute approximate surface area is 181 Å². The van der Waals surface area contributed by atoms with E-state index >= 15 is 0 Å². The van der Waals surface area contributed by atoms with Crippen LogP contribution in [0.5, 0.6) is 0 Å². The molecule has 0 saturated heterocycles. The molecule has 0 bridgehead atoms. The van der Waals surface area contributed by atoms with Gasteiger partial charge in [-0.05, 0) is 42.7 Å². The largest absolute Gasteiger partial charge is 0.385 e. The molecule has 0 spiro atoms. The summed E-state index contributed by atoms with van der Waals surface area (Å²) in [5.41, 5.74) is 1.98. The number of benzene rings is 1. The van der Waals surface area contributed by atoms with Gasteiger partial charge in [-0.15, -0.1) is 0 Å². The number of carbonyl (C=O) groups excluding carboxylic acids is 1. The Morgan fingerprint density at radius 1 is 1.07 bits per heavy atom. The number of nitrogens with zero attached hydrogens (tertiary/aromatic N) is 2. The van der Waals surface area contributed by atoms with Crippen LogP contribution in [0.1, 0.15) is 69.5 Å². The van der Waals surface area contributed by atoms with Gasteiger partial charge in [0.05, 0.1) is 6.54 Å². The molecule has 5 heteroatoms. The number of ether oxygens (including phenoxy) is 1. The molecule has 166 valence electrons. The van der Waals surface area contributed by atoms with Crippen LogP contribution >= 0.6 is 0 Å². The van der Waals surface area contributed by atoms with Gasteiger partial charge in [0.2, 0.25) is 5.91 Å². The Balaban J connectivity index is 1.95. The van der Waals surface area contributed by atoms with Gasteiger partial charge < -0.3 is 14.2 Å². The van der Waals surface area contributed by atoms with Gasteiger partial charge in [-0.3, -0.25) is 4.79 Å². The summed E-state index contributed by atoms with van der Waals surface area (Å²) in [6.45, 7) is 4.71. The SMILES string of the molecule is CCCCCCCCC(=O)N(CCCOC)Cc1cccn1Cc1cccc(F)c1. The summed E-state index contributed by atoms with van der Waals surface area (Å²) in [6.07, 6.45) is 10.5. The molecule has 0 fully saturated rings. The van der Waals surface area contributed by atoms with Crippen molar-refractivity contribution in [1.82, 2.24) is 9.47 Å². The lowest BCUT2D eigenvalue weighted by molar-refractivity contribution is -0.132. The molecule has 2 rings (SSSR count). The third-order valence-electron chi connectivity index (χ3n) is 5.39. The molecule has 1 aromatic heterocycles. The molecule has 0 saturated carbocycles. The number of hydrogen-bond acceptors (Lipinski definition) is 2. The molecule has 0 N–H and O–H groups in total. The number of hydrogen-bond donors (Lipinski definition) is 0. The quantitative estimate of drug-likeness (QED) is 0.344. The maximum atomic E-state index is 13.5. The van der Waals surface area contributed by atoms with E-state index in [9.17, 15) is 9.18 Å². The maximum Gasteiger partial charge on any atom is 0.222 e. The van der Waals surface area contributed by atoms with Gasteiger partial charge in [-0.1, -0.05) is 51.2 Å². The Morgan fingerprint density at radius 3 is 2.63 bits per heavy atom. The van der Waals surface area contributed by atoms with E-state index in [0.717, 1.165) is 30.5 Å². The van der Waals surface area contributed by atoms with Crippen LogP contribution in [0, 0.1) is 5.82 Å². The topological polar surface area (TPSA) is 34.5 Å². The molecular weight excluding hydrogens is 379 g/mol. The van der Waals surface area contributed by atoms with Crippen molar-refractivity contribution in [3.05, 3.63) is 59.7 Å². The van der Waals surface area contributed by atoms with E-state index in [1.54, 1.807) is 19.2 Å². The third kappa shape index (κ3) is 8.70. The molecular formula is C25H37FN2O2. The van der Waals surface area contributed by atoms with Crippen molar-refractivity contribution in [1.29, 1.82) is 0 Å². The van der Waals surface area contributed by atoms with Crippen LogP contribution in [0.3, 0.4) is 0 Å². The lowest BCUT2D eigenvalue weighted by atomic mass is 10.1. The highest BCUT2D eigenvalue weighted by Gasteiger charge is 2.15. The molecule has 0 aliphatic carbocycles. The van der Waals surface area contributed by atoms with Crippen molar-refractivity contribution in [2.24, 2.45) is 0 Å². The Hall–Kier alpha value is -2.14. The number of rotatable bonds is 15. The lowest BCUT2D eigenvalue weighted by Gasteiger charge is -2.24. The summed E-state index contributed by atoms with van der Waals surface area (Å²) < 4.78 is 20.8. The van der Waals surface area contributed by atoms with Crippen LogP contribution in [-0.2, 0) is 22.6 Å². The van der Waals surface area contributed by atoms with Gasteiger partial charge in [-0.2, -0.15) is 0 Å². The number of halogens is 1. The zero-order chi connectivity index (χ0) is 21.6. The third-order valence-corrected chi connectivity index (χ3v) is 5.39. The van der Waals surface area contributed by atoms with E-state index in [-0.39, 0.29) is 11.7 Å². The number of aromatic nitrogens is 1. The van der Waals surface area contributed by atoms with Crippen molar-refractivity contribution in [2.75, 3.05) is 20.3 Å². The molecule has 4 nitrogen and oxygen atoms in total. The summed E-state index contributed by atoms with van der Waals surface area (Å²) in [5.74, 6) is -0.0170. The van der Waals surface area contributed by atoms with Gasteiger partial charge in [0.1, 0.15) is 5.82 Å². The zero-order valence-electron chi connectivity index (χ0n) is 18.6. The Morgan fingerprint density at radius 2 is 1.87 bits per heavy atom. The van der Waals surface area contributed by atoms with Crippen LogP contribution in [0.4, 0.5) is 4.39 Å². The fraction of sp³-hybridized carbons (Fsp3) is 0.560. The molecule has 30 heavy (non-hydrogen) atoms. The molecule has 0 atom stereocenters. The molecule has 2 aromatic rings. The van der Waals surface area contributed by atoms with E-state index in [1.807, 2.05) is 29.3 Å². The second-order valence-electron chi connectivity index (χ2n) is 7.94. The molecule has 1 amide bonds. The second kappa shape index (κ2) is 14.0. The summed E-state index contributed by atoms with van der Waals surface area (Å²) in [4.78, 5) is 14.8. The van der Waals surface area contributed by atoms with Gasteiger partial charge in [0.25, 0.3) is 0 Å². The van der Waals surface area contributed by atoms with Crippen molar-refractivity contribution in [2.45, 2.75) is 71.4 Å². The number of carbonyl (C=O) groups is 1. The van der Waals surface area contributed by atoms with Crippen LogP contribution in [-0.4, -0.2) is 35.6 Å². The fourth-order valence-electron chi connectivity index (χ4n) is 3.68. The van der Waals surface area contributed by atoms with E-state index in [2.05, 4.69) is 11.5 Å². The molecule has 0 unspecified atom stereocenters. The summed E-state index contributed by atoms with van der Waals surface area (Å²) >= 11 is 0. The number of amides is 1. The Kier molecular flexibility index (Phi) is 11.2. The Bertz CT molecular complexity index is 744. The standard InChI is InChI=1S/C25H37FN2O2/c1-3-4-5-6-7-8-15-25(29)28(17-11-18-30-2)21-24-14-10-16-27(24)20-22-12-9-13-23(26)19-22/h9-10,12-14,16,19H,3-8,11,15,17-18,20-21H2,1-2H3. The van der Waals surface area contributed by atoms with Gasteiger partial charge in [0, 0.05) is 45.1 Å². The van der Waals surface area contributed by atoms with Crippen LogP contribution in [0.2, 0.25) is 0 Å². The summed E-state index contributed by atoms with van der Waals surface area (Å²) in [7, 11) is 1.69. The van der Waals surface area contributed by atoms with Crippen LogP contribution in [0.15, 0.2) is 42.6 Å². The smallest absolute Gasteiger partial charge is 0.222 e. The lowest BCUT2D eigenvalue weighted by Crippen LogP contribution is -2.32. The summed E-state index contributed by atoms with van der Waals surface area (Å²) in [6, 6.07) is 10.7. The molecule has 0 aliphatic heterocycles. The predicted molar refractivity (Wildman–Crippen MR) is 120 cm³/mol. The van der Waals surface area contributed by atoms with Crippen molar-refractivity contribution < 1.29 is 13.9 Å². The average Bonchev–Trinajstić information content (AvgIpc) is 3.16. The first-order valence-corrected chi connectivity index (χ1v) is 11.3. The fourth-order valence-corrected chi connectivity index (χ4v) is 3.68. The van der Waals surface area contributed by atoms with Gasteiger partial charge >= 0.3 is 0 Å². The van der Waals surface area contributed by atoms with Gasteiger partial charge in [0.15, 0.2) is 0 Å². The minimum Gasteiger partial charge on any atom is -0.385 e. The molecule has 1 heterocycles. The normalized spacial score (nSPS) is 11.0. The van der Waals surface area contributed by atoms with E-state index < -0.39 is 0 Å². The molecule has 1 aromatic carbocycles. The highest BCUT2D eigenvalue weighted by molar-refractivity contribution is 5.76. The number of methoxy groups -OCH3 is 1. The first-order valence-electron chi connectivity index (χ1n) is 11.3. The summed E-state index contributed by atoms with van der Waals surface area (Å²) in [5, 5.41) is 0. The van der Waals surface area contributed by atoms with E-state index in [0.29, 0.717) is 32.7 Å². The zero-order valence-corrected chi connectivity index (χ0v) is 18.6. The first kappa shape index (κ1) is 24.1. The minimum atomic E-state index is -0.225. The monoisotopic (exact) mass is 416 g/mol. The van der Waals surface area contributed by atoms with Crippen LogP contribution < -0.4 is 0 Å². The van der Waals surface area contributed by atoms with Crippen molar-refractivity contribution in [3.8, 4) is 0 Å². The van der Waals surface area contributed by atoms with E-state index in [1.165, 1.54) is 31.7 Å². The number of unbranched alkanes of at least 4 members (excludes halogenated alkanes) is 5. The molecule has 0 radical (unpaired) electrons. The maximum absolute atomic E-state index is 13.5. The van der Waals surface area contributed by atoms with Crippen molar-refractivity contribution in [3.63, 3.8) is 0 Å². The minimum absolute atomic E-state index is 0.208. The van der Waals surface area contributed by atoms with Crippen molar-refractivity contribution >= 4 is 5.91 Å². The van der Waals surface area contributed by atoms with Crippen LogP contribution in [0.25, 0.3) is 0 Å². The predicted octanol–water partition coefficient (Wildman–Crippen LogP) is 5.79. The van der Waals surface area contributed by atoms with E-state index in [4.69, 9.17) is 4.74 Å². The average molecular weight is 417 g/mol. The second-order valence-corrected chi connectivity index (χ2v) is 7.94. The highest BCUT2D eigenvalue weighted by atomic mass is 19.1. The van der Waals surface area contributed by atoms with Gasteiger partial charge in [-0.25, -0.2) is 4.39 Å². The highest BCUT2D eigenvalue weighted by Crippen LogP contribution is 2.14.